The molecule has 3 aromatic rings. The van der Waals surface area contributed by atoms with E-state index < -0.39 is 22.9 Å². The average molecular weight is 515 g/mol. The first-order chi connectivity index (χ1) is 18.1. The molecule has 2 aliphatic rings. The zero-order valence-corrected chi connectivity index (χ0v) is 22.0. The van der Waals surface area contributed by atoms with Crippen LogP contribution in [0.1, 0.15) is 31.4 Å². The van der Waals surface area contributed by atoms with Crippen LogP contribution in [0.3, 0.4) is 0 Å². The Kier molecular flexibility index (Phi) is 6.56. The maximum Gasteiger partial charge on any atom is 0.256 e. The Balaban J connectivity index is 1.45. The van der Waals surface area contributed by atoms with Crippen LogP contribution in [0.5, 0.6) is 0 Å². The van der Waals surface area contributed by atoms with E-state index in [1.54, 1.807) is 25.8 Å². The van der Waals surface area contributed by atoms with E-state index in [9.17, 15) is 14.4 Å². The zero-order valence-electron chi connectivity index (χ0n) is 22.0. The van der Waals surface area contributed by atoms with Gasteiger partial charge < -0.3 is 20.9 Å². The van der Waals surface area contributed by atoms with Gasteiger partial charge in [-0.15, -0.1) is 0 Å². The number of nitrogens with two attached hydrogens (primary N) is 1. The molecule has 1 saturated heterocycles. The van der Waals surface area contributed by atoms with E-state index in [-0.39, 0.29) is 18.4 Å². The third-order valence-electron chi connectivity index (χ3n) is 7.55. The van der Waals surface area contributed by atoms with Crippen LogP contribution in [-0.2, 0) is 27.2 Å². The molecule has 0 saturated carbocycles. The number of hydrogen-bond acceptors (Lipinski definition) is 5. The molecule has 0 aliphatic carbocycles. The molecular weight excluding hydrogens is 480 g/mol. The van der Waals surface area contributed by atoms with Gasteiger partial charge in [0.2, 0.25) is 11.8 Å². The molecule has 198 valence electrons. The highest BCUT2D eigenvalue weighted by Gasteiger charge is 2.54. The minimum absolute atomic E-state index is 0.117. The molecule has 5 rings (SSSR count). The second-order valence-electron chi connectivity index (χ2n) is 10.9. The fraction of sp³-hybridized carbons (Fsp3) is 0.379. The summed E-state index contributed by atoms with van der Waals surface area (Å²) in [5.74, 6) is -0.762. The molecule has 3 heterocycles. The molecule has 9 nitrogen and oxygen atoms in total. The van der Waals surface area contributed by atoms with Gasteiger partial charge in [0.25, 0.3) is 5.91 Å². The number of rotatable bonds is 7. The van der Waals surface area contributed by atoms with Crippen molar-refractivity contribution in [2.45, 2.75) is 44.7 Å². The lowest BCUT2D eigenvalue weighted by atomic mass is 9.73. The zero-order chi connectivity index (χ0) is 27.1. The smallest absolute Gasteiger partial charge is 0.256 e. The molecule has 38 heavy (non-hydrogen) atoms. The number of aromatic nitrogens is 1. The summed E-state index contributed by atoms with van der Waals surface area (Å²) < 4.78 is 0. The Morgan fingerprint density at radius 3 is 2.61 bits per heavy atom. The lowest BCUT2D eigenvalue weighted by molar-refractivity contribution is -0.142. The van der Waals surface area contributed by atoms with E-state index in [0.717, 1.165) is 27.7 Å². The molecule has 0 radical (unpaired) electrons. The Labute approximate surface area is 222 Å². The fourth-order valence-corrected chi connectivity index (χ4v) is 5.50. The Morgan fingerprint density at radius 2 is 1.87 bits per heavy atom. The summed E-state index contributed by atoms with van der Waals surface area (Å²) in [6.45, 7) is 3.85. The van der Waals surface area contributed by atoms with Gasteiger partial charge in [0.15, 0.2) is 0 Å². The number of para-hydroxylation sites is 1. The number of nitrogens with one attached hydrogen (secondary N) is 2. The average Bonchev–Trinajstić information content (AvgIpc) is 3.41. The number of aromatic amines is 1. The number of benzene rings is 2. The Bertz CT molecular complexity index is 1410. The summed E-state index contributed by atoms with van der Waals surface area (Å²) in [7, 11) is 1.66. The summed E-state index contributed by atoms with van der Waals surface area (Å²) in [5, 5.41) is 9.84. The first kappa shape index (κ1) is 25.7. The molecule has 1 fully saturated rings. The highest BCUT2D eigenvalue weighted by Crippen LogP contribution is 2.38. The number of piperidine rings is 1. The normalized spacial score (nSPS) is 20.3. The van der Waals surface area contributed by atoms with Crippen LogP contribution in [0.2, 0.25) is 0 Å². The number of carbonyl (C=O) groups is 3. The van der Waals surface area contributed by atoms with Crippen LogP contribution in [0.15, 0.2) is 65.9 Å². The molecule has 0 spiro atoms. The number of fused-ring (bicyclic) bond motifs is 2. The summed E-state index contributed by atoms with van der Waals surface area (Å²) in [4.78, 5) is 45.5. The third kappa shape index (κ3) is 4.69. The lowest BCUT2D eigenvalue weighted by Crippen LogP contribution is -2.61. The van der Waals surface area contributed by atoms with Crippen LogP contribution < -0.4 is 11.1 Å². The van der Waals surface area contributed by atoms with Gasteiger partial charge in [-0.1, -0.05) is 48.5 Å². The maximum absolute atomic E-state index is 14.1. The molecule has 2 aromatic carbocycles. The third-order valence-corrected chi connectivity index (χ3v) is 7.55. The van der Waals surface area contributed by atoms with Crippen molar-refractivity contribution in [2.24, 2.45) is 16.3 Å². The summed E-state index contributed by atoms with van der Waals surface area (Å²) in [6.07, 6.45) is 3.11. The van der Waals surface area contributed by atoms with Crippen molar-refractivity contribution in [1.29, 1.82) is 0 Å². The molecule has 2 atom stereocenters. The van der Waals surface area contributed by atoms with Gasteiger partial charge in [-0.25, -0.2) is 5.01 Å². The number of nitrogens with zero attached hydrogens (tertiary/aromatic N) is 3. The molecule has 0 unspecified atom stereocenters. The summed E-state index contributed by atoms with van der Waals surface area (Å²) in [6, 6.07) is 16.8. The Morgan fingerprint density at radius 1 is 1.16 bits per heavy atom. The van der Waals surface area contributed by atoms with Crippen LogP contribution in [0, 0.1) is 5.41 Å². The van der Waals surface area contributed by atoms with Crippen LogP contribution in [0.25, 0.3) is 10.9 Å². The highest BCUT2D eigenvalue weighted by molar-refractivity contribution is 6.13. The molecule has 3 amide bonds. The predicted molar refractivity (Wildman–Crippen MR) is 146 cm³/mol. The molecule has 2 aliphatic heterocycles. The van der Waals surface area contributed by atoms with E-state index in [1.165, 1.54) is 5.01 Å². The number of H-pyrrole nitrogens is 1. The quantitative estimate of drug-likeness (QED) is 0.447. The van der Waals surface area contributed by atoms with Crippen molar-refractivity contribution in [3.63, 3.8) is 0 Å². The van der Waals surface area contributed by atoms with Gasteiger partial charge in [0, 0.05) is 50.1 Å². The minimum Gasteiger partial charge on any atom is -0.361 e. The molecular formula is C29H34N6O3. The standard InChI is InChI=1S/C29H34N6O3/c1-28(2,30)26(37)32-23(15-20-17-31-22-12-8-7-11-21(20)22)25(36)35-14-13-24-29(18-35,27(38)34(3)33-24)16-19-9-5-4-6-10-19/h4-12,17,23,31H,13-16,18,30H2,1-3H3,(H,32,37)/t23-,29-/m1/s1. The van der Waals surface area contributed by atoms with E-state index in [2.05, 4.69) is 15.4 Å². The topological polar surface area (TPSA) is 124 Å². The monoisotopic (exact) mass is 514 g/mol. The summed E-state index contributed by atoms with van der Waals surface area (Å²) in [5.41, 5.74) is 7.68. The van der Waals surface area contributed by atoms with Gasteiger partial charge in [-0.05, 0) is 37.5 Å². The van der Waals surface area contributed by atoms with Crippen molar-refractivity contribution < 1.29 is 14.4 Å². The predicted octanol–water partition coefficient (Wildman–Crippen LogP) is 2.22. The fourth-order valence-electron chi connectivity index (χ4n) is 5.50. The van der Waals surface area contributed by atoms with Gasteiger partial charge >= 0.3 is 0 Å². The Hall–Kier alpha value is -3.98. The van der Waals surface area contributed by atoms with E-state index >= 15 is 0 Å². The van der Waals surface area contributed by atoms with Crippen LogP contribution in [0.4, 0.5) is 0 Å². The first-order valence-corrected chi connectivity index (χ1v) is 12.9. The van der Waals surface area contributed by atoms with Gasteiger partial charge in [0.05, 0.1) is 11.3 Å². The van der Waals surface area contributed by atoms with Crippen molar-refractivity contribution in [3.05, 3.63) is 71.9 Å². The van der Waals surface area contributed by atoms with Crippen LogP contribution >= 0.6 is 0 Å². The van der Waals surface area contributed by atoms with Gasteiger partial charge in [-0.2, -0.15) is 5.10 Å². The lowest BCUT2D eigenvalue weighted by Gasteiger charge is -2.41. The number of amides is 3. The molecule has 0 bridgehead atoms. The number of carbonyl (C=O) groups excluding carboxylic acids is 3. The second kappa shape index (κ2) is 9.72. The van der Waals surface area contributed by atoms with Crippen molar-refractivity contribution in [3.8, 4) is 0 Å². The summed E-state index contributed by atoms with van der Waals surface area (Å²) >= 11 is 0. The number of hydrogen-bond donors (Lipinski definition) is 3. The molecule has 9 heteroatoms. The minimum atomic E-state index is -1.15. The maximum atomic E-state index is 14.1. The van der Waals surface area contributed by atoms with E-state index in [0.29, 0.717) is 25.8 Å². The molecule has 4 N–H and O–H groups in total. The largest absolute Gasteiger partial charge is 0.361 e. The highest BCUT2D eigenvalue weighted by atomic mass is 16.2. The second-order valence-corrected chi connectivity index (χ2v) is 10.9. The molecule has 1 aromatic heterocycles. The SMILES string of the molecule is CN1N=C2CCN(C(=O)[C@@H](Cc3c[nH]c4ccccc34)NC(=O)C(C)(C)N)C[C@@]2(Cc2ccccc2)C1=O. The van der Waals surface area contributed by atoms with E-state index in [4.69, 9.17) is 5.73 Å². The van der Waals surface area contributed by atoms with Gasteiger partial charge in [-0.3, -0.25) is 14.4 Å². The van der Waals surface area contributed by atoms with Crippen molar-refractivity contribution in [1.82, 2.24) is 20.2 Å². The number of hydrazone groups is 1. The van der Waals surface area contributed by atoms with Gasteiger partial charge in [0.1, 0.15) is 11.5 Å². The van der Waals surface area contributed by atoms with Crippen LogP contribution in [-0.4, -0.2) is 70.0 Å². The van der Waals surface area contributed by atoms with Crippen molar-refractivity contribution >= 4 is 34.3 Å². The first-order valence-electron chi connectivity index (χ1n) is 12.9. The van der Waals surface area contributed by atoms with E-state index in [1.807, 2.05) is 60.8 Å². The number of likely N-dealkylation sites (tertiary alicyclic amines) is 1. The van der Waals surface area contributed by atoms with Crippen molar-refractivity contribution in [2.75, 3.05) is 20.1 Å².